The topological polar surface area (TPSA) is 62.1 Å². The van der Waals surface area contributed by atoms with Crippen LogP contribution in [0.5, 0.6) is 0 Å². The first-order valence-corrected chi connectivity index (χ1v) is 8.18. The number of aromatic nitrogens is 4. The van der Waals surface area contributed by atoms with E-state index in [4.69, 9.17) is 0 Å². The largest absolute Gasteiger partial charge is 0.310 e. The third-order valence-corrected chi connectivity index (χ3v) is 4.69. The molecule has 0 amide bonds. The minimum atomic E-state index is -2.82. The van der Waals surface area contributed by atoms with Crippen LogP contribution in [-0.4, -0.2) is 32.4 Å². The molecule has 0 fully saturated rings. The summed E-state index contributed by atoms with van der Waals surface area (Å²) < 4.78 is 43.6. The summed E-state index contributed by atoms with van der Waals surface area (Å²) in [4.78, 5) is 6.29. The zero-order valence-corrected chi connectivity index (χ0v) is 13.5. The van der Waals surface area contributed by atoms with E-state index in [1.54, 1.807) is 15.8 Å². The second kappa shape index (κ2) is 5.45. The van der Waals surface area contributed by atoms with Crippen molar-refractivity contribution in [2.24, 2.45) is 4.99 Å². The fourth-order valence-electron chi connectivity index (χ4n) is 3.58. The zero-order chi connectivity index (χ0) is 17.8. The molecule has 5 rings (SSSR count). The van der Waals surface area contributed by atoms with Crippen LogP contribution in [0.3, 0.4) is 0 Å². The SMILES string of the molecule is Fc1cccc(C(F)F)c1C1=Nc2cn[nH]c2-c2cnn3c2N1CCC3. The van der Waals surface area contributed by atoms with Gasteiger partial charge in [0.15, 0.2) is 0 Å². The molecule has 0 atom stereocenters. The lowest BCUT2D eigenvalue weighted by Gasteiger charge is -2.31. The number of aliphatic imine (C=N–C) groups is 1. The molecular formula is C17H13F3N6. The Balaban J connectivity index is 1.83. The quantitative estimate of drug-likeness (QED) is 0.761. The van der Waals surface area contributed by atoms with Gasteiger partial charge in [-0.15, -0.1) is 0 Å². The number of hydrogen-bond donors (Lipinski definition) is 1. The number of H-pyrrole nitrogens is 1. The van der Waals surface area contributed by atoms with Crippen molar-refractivity contribution in [3.8, 4) is 11.3 Å². The van der Waals surface area contributed by atoms with Gasteiger partial charge in [-0.1, -0.05) is 12.1 Å². The molecular weight excluding hydrogens is 345 g/mol. The van der Waals surface area contributed by atoms with Crippen LogP contribution in [0.1, 0.15) is 24.0 Å². The van der Waals surface area contributed by atoms with Gasteiger partial charge in [0.05, 0.1) is 29.2 Å². The van der Waals surface area contributed by atoms with Crippen molar-refractivity contribution in [1.82, 2.24) is 20.0 Å². The maximum atomic E-state index is 14.7. The number of benzene rings is 1. The lowest BCUT2D eigenvalue weighted by Crippen LogP contribution is -2.39. The second-order valence-corrected chi connectivity index (χ2v) is 6.18. The minimum Gasteiger partial charge on any atom is -0.310 e. The summed E-state index contributed by atoms with van der Waals surface area (Å²) in [6, 6.07) is 3.69. The first-order valence-electron chi connectivity index (χ1n) is 8.18. The zero-order valence-electron chi connectivity index (χ0n) is 13.5. The number of aromatic amines is 1. The number of halogens is 3. The molecule has 4 heterocycles. The van der Waals surface area contributed by atoms with E-state index in [1.807, 2.05) is 0 Å². The highest BCUT2D eigenvalue weighted by Crippen LogP contribution is 2.42. The van der Waals surface area contributed by atoms with Crippen LogP contribution in [0.4, 0.5) is 24.7 Å². The molecule has 1 aromatic carbocycles. The van der Waals surface area contributed by atoms with Crippen LogP contribution >= 0.6 is 0 Å². The van der Waals surface area contributed by atoms with Gasteiger partial charge in [0.25, 0.3) is 6.43 Å². The number of nitrogens with one attached hydrogen (secondary N) is 1. The Labute approximate surface area is 146 Å². The van der Waals surface area contributed by atoms with Gasteiger partial charge in [-0.25, -0.2) is 22.8 Å². The molecule has 132 valence electrons. The van der Waals surface area contributed by atoms with Crippen LogP contribution in [0, 0.1) is 5.82 Å². The molecule has 2 aliphatic rings. The first-order chi connectivity index (χ1) is 12.6. The van der Waals surface area contributed by atoms with Crippen LogP contribution in [-0.2, 0) is 6.54 Å². The highest BCUT2D eigenvalue weighted by molar-refractivity contribution is 6.15. The van der Waals surface area contributed by atoms with E-state index in [0.29, 0.717) is 30.3 Å². The molecule has 0 aliphatic carbocycles. The van der Waals surface area contributed by atoms with E-state index in [2.05, 4.69) is 20.3 Å². The van der Waals surface area contributed by atoms with E-state index < -0.39 is 12.2 Å². The van der Waals surface area contributed by atoms with Gasteiger partial charge in [-0.2, -0.15) is 10.2 Å². The number of amidine groups is 1. The molecule has 26 heavy (non-hydrogen) atoms. The maximum Gasteiger partial charge on any atom is 0.264 e. The van der Waals surface area contributed by atoms with Gasteiger partial charge < -0.3 is 4.90 Å². The summed E-state index contributed by atoms with van der Waals surface area (Å²) >= 11 is 0. The van der Waals surface area contributed by atoms with E-state index in [1.165, 1.54) is 24.4 Å². The second-order valence-electron chi connectivity index (χ2n) is 6.18. The number of hydrogen-bond acceptors (Lipinski definition) is 4. The number of rotatable bonds is 2. The summed E-state index contributed by atoms with van der Waals surface area (Å²) in [5, 5.41) is 11.3. The predicted octanol–water partition coefficient (Wildman–Crippen LogP) is 3.65. The van der Waals surface area contributed by atoms with E-state index in [9.17, 15) is 13.2 Å². The van der Waals surface area contributed by atoms with Gasteiger partial charge in [-0.05, 0) is 12.5 Å². The Morgan fingerprint density at radius 2 is 2.04 bits per heavy atom. The number of anilines is 1. The molecule has 0 saturated heterocycles. The summed E-state index contributed by atoms with van der Waals surface area (Å²) in [5.74, 6) is 0.134. The van der Waals surface area contributed by atoms with Crippen LogP contribution < -0.4 is 4.90 Å². The van der Waals surface area contributed by atoms with E-state index in [0.717, 1.165) is 12.0 Å². The molecule has 1 N–H and O–H groups in total. The highest BCUT2D eigenvalue weighted by Gasteiger charge is 2.34. The van der Waals surface area contributed by atoms with Crippen molar-refractivity contribution in [1.29, 1.82) is 0 Å². The van der Waals surface area contributed by atoms with Crippen LogP contribution in [0.2, 0.25) is 0 Å². The Morgan fingerprint density at radius 1 is 1.15 bits per heavy atom. The number of alkyl halides is 2. The van der Waals surface area contributed by atoms with Gasteiger partial charge in [0.1, 0.15) is 23.2 Å². The Morgan fingerprint density at radius 3 is 2.88 bits per heavy atom. The summed E-state index contributed by atoms with van der Waals surface area (Å²) in [5.41, 5.74) is 1.31. The molecule has 0 saturated carbocycles. The fourth-order valence-corrected chi connectivity index (χ4v) is 3.58. The summed E-state index contributed by atoms with van der Waals surface area (Å²) in [7, 11) is 0. The van der Waals surface area contributed by atoms with Gasteiger partial charge in [-0.3, -0.25) is 5.10 Å². The van der Waals surface area contributed by atoms with Crippen molar-refractivity contribution < 1.29 is 13.2 Å². The maximum absolute atomic E-state index is 14.7. The van der Waals surface area contributed by atoms with Gasteiger partial charge >= 0.3 is 0 Å². The summed E-state index contributed by atoms with van der Waals surface area (Å²) in [6.07, 6.45) is 1.13. The van der Waals surface area contributed by atoms with Crippen LogP contribution in [0.25, 0.3) is 11.3 Å². The molecule has 0 bridgehead atoms. The van der Waals surface area contributed by atoms with Crippen molar-refractivity contribution in [3.05, 3.63) is 47.5 Å². The van der Waals surface area contributed by atoms with E-state index in [-0.39, 0.29) is 17.0 Å². The lowest BCUT2D eigenvalue weighted by atomic mass is 10.0. The number of fused-ring (bicyclic) bond motifs is 2. The summed E-state index contributed by atoms with van der Waals surface area (Å²) in [6.45, 7) is 1.23. The average Bonchev–Trinajstić information content (AvgIpc) is 3.23. The molecule has 0 spiro atoms. The molecule has 2 aliphatic heterocycles. The molecule has 2 aromatic heterocycles. The number of aryl methyl sites for hydroxylation is 1. The molecule has 6 nitrogen and oxygen atoms in total. The molecule has 9 heteroatoms. The minimum absolute atomic E-state index is 0.154. The van der Waals surface area contributed by atoms with Gasteiger partial charge in [0, 0.05) is 18.7 Å². The van der Waals surface area contributed by atoms with Crippen molar-refractivity contribution in [2.75, 3.05) is 11.4 Å². The Kier molecular flexibility index (Phi) is 3.18. The van der Waals surface area contributed by atoms with Crippen LogP contribution in [0.15, 0.2) is 35.6 Å². The fraction of sp³-hybridized carbons (Fsp3) is 0.235. The third kappa shape index (κ3) is 2.03. The average molecular weight is 358 g/mol. The first kappa shape index (κ1) is 15.2. The van der Waals surface area contributed by atoms with Crippen molar-refractivity contribution in [2.45, 2.75) is 19.4 Å². The Hall–Kier alpha value is -3.10. The third-order valence-electron chi connectivity index (χ3n) is 4.69. The van der Waals surface area contributed by atoms with Crippen molar-refractivity contribution >= 4 is 17.3 Å². The molecule has 0 radical (unpaired) electrons. The standard InChI is InChI=1S/C17H13F3N6/c18-11-4-1-3-9(15(19)20)13(11)16-23-12-8-21-24-14(12)10-7-22-26-6-2-5-25(16)17(10)26/h1,3-4,7-8,15H,2,5-6H2,(H,21,24). The predicted molar refractivity (Wildman–Crippen MR) is 89.3 cm³/mol. The Bertz CT molecular complexity index is 1040. The van der Waals surface area contributed by atoms with Crippen molar-refractivity contribution in [3.63, 3.8) is 0 Å². The van der Waals surface area contributed by atoms with E-state index >= 15 is 0 Å². The normalized spacial score (nSPS) is 15.5. The lowest BCUT2D eigenvalue weighted by molar-refractivity contribution is 0.150. The smallest absolute Gasteiger partial charge is 0.264 e. The highest BCUT2D eigenvalue weighted by atomic mass is 19.3. The van der Waals surface area contributed by atoms with Gasteiger partial charge in [0.2, 0.25) is 0 Å². The molecule has 3 aromatic rings. The number of nitrogens with zero attached hydrogens (tertiary/aromatic N) is 5. The monoisotopic (exact) mass is 358 g/mol. The molecule has 0 unspecified atom stereocenters.